The van der Waals surface area contributed by atoms with Gasteiger partial charge in [0.1, 0.15) is 11.5 Å². The van der Waals surface area contributed by atoms with Crippen LogP contribution in [-0.4, -0.2) is 13.2 Å². The molecule has 2 aromatic carbocycles. The smallest absolute Gasteiger partial charge is 0.387 e. The lowest BCUT2D eigenvalue weighted by Crippen LogP contribution is -2.23. The van der Waals surface area contributed by atoms with Gasteiger partial charge in [-0.1, -0.05) is 172 Å². The zero-order chi connectivity index (χ0) is 43.1. The fourth-order valence-electron chi connectivity index (χ4n) is 11.3. The third-order valence-electron chi connectivity index (χ3n) is 15.1. The predicted molar refractivity (Wildman–Crippen MR) is 248 cm³/mol. The van der Waals surface area contributed by atoms with Gasteiger partial charge in [0.05, 0.1) is 0 Å². The van der Waals surface area contributed by atoms with Crippen molar-refractivity contribution in [1.82, 2.24) is 0 Å². The van der Waals surface area contributed by atoms with Gasteiger partial charge in [-0.3, -0.25) is 0 Å². The Bertz CT molecular complexity index is 1500. The number of benzene rings is 2. The Morgan fingerprint density at radius 3 is 1.08 bits per heavy atom. The second-order valence-electron chi connectivity index (χ2n) is 19.4. The first-order valence-electron chi connectivity index (χ1n) is 25.3. The molecule has 0 amide bonds. The second-order valence-corrected chi connectivity index (χ2v) is 19.4. The average molecular weight is 851 g/mol. The molecular weight excluding hydrogens is 769 g/mol. The highest BCUT2D eigenvalue weighted by Crippen LogP contribution is 2.44. The maximum absolute atomic E-state index is 12.3. The minimum absolute atomic E-state index is 0.237. The number of hydrogen-bond donors (Lipinski definition) is 0. The van der Waals surface area contributed by atoms with Crippen LogP contribution in [0.3, 0.4) is 0 Å². The molecule has 2 fully saturated rings. The highest BCUT2D eigenvalue weighted by molar-refractivity contribution is 5.67. The van der Waals surface area contributed by atoms with E-state index in [1.807, 2.05) is 24.3 Å². The molecule has 0 aromatic heterocycles. The van der Waals surface area contributed by atoms with Crippen LogP contribution in [0.15, 0.2) is 60.7 Å². The first-order valence-corrected chi connectivity index (χ1v) is 25.3. The molecule has 0 spiro atoms. The lowest BCUT2D eigenvalue weighted by Gasteiger charge is -2.35. The molecule has 2 saturated carbocycles. The summed E-state index contributed by atoms with van der Waals surface area (Å²) in [5.74, 6) is 5.93. The Balaban J connectivity index is 0.000000231. The summed E-state index contributed by atoms with van der Waals surface area (Å²) in [4.78, 5) is 0. The lowest BCUT2D eigenvalue weighted by molar-refractivity contribution is -0.0505. The summed E-state index contributed by atoms with van der Waals surface area (Å²) in [5, 5.41) is 0. The minimum Gasteiger partial charge on any atom is -0.435 e. The Morgan fingerprint density at radius 1 is 0.426 bits per heavy atom. The molecule has 2 aromatic rings. The summed E-state index contributed by atoms with van der Waals surface area (Å²) < 4.78 is 58.2. The Hall–Kier alpha value is -2.76. The summed E-state index contributed by atoms with van der Waals surface area (Å²) in [5.41, 5.74) is 5.04. The van der Waals surface area contributed by atoms with Gasteiger partial charge in [-0.05, 0) is 146 Å². The largest absolute Gasteiger partial charge is 0.435 e. The van der Waals surface area contributed by atoms with Crippen molar-refractivity contribution in [1.29, 1.82) is 0 Å². The SMILES string of the molecule is CCCCCCCCC1CCC(C2CC=C(c3ccc(OC(F)F)cc3)CC2)CC1.CCCCCCCCCC1CCC(C2CC=C(c3ccc(OC(F)F)cc3)CC2)CC1. The highest BCUT2D eigenvalue weighted by Gasteiger charge is 2.30. The average Bonchev–Trinajstić information content (AvgIpc) is 3.28. The predicted octanol–water partition coefficient (Wildman–Crippen LogP) is 18.4. The van der Waals surface area contributed by atoms with Gasteiger partial charge in [0, 0.05) is 0 Å². The van der Waals surface area contributed by atoms with Crippen molar-refractivity contribution in [3.05, 3.63) is 71.8 Å². The van der Waals surface area contributed by atoms with Crippen LogP contribution in [0.5, 0.6) is 11.5 Å². The number of halogens is 4. The maximum atomic E-state index is 12.3. The van der Waals surface area contributed by atoms with E-state index in [2.05, 4.69) is 35.5 Å². The number of rotatable bonds is 23. The molecule has 0 N–H and O–H groups in total. The molecule has 0 saturated heterocycles. The summed E-state index contributed by atoms with van der Waals surface area (Å²) in [6, 6.07) is 14.3. The molecular formula is C55H82F4O2. The highest BCUT2D eigenvalue weighted by atomic mass is 19.3. The van der Waals surface area contributed by atoms with Gasteiger partial charge >= 0.3 is 13.2 Å². The van der Waals surface area contributed by atoms with Crippen LogP contribution in [0.1, 0.15) is 211 Å². The number of hydrogen-bond acceptors (Lipinski definition) is 2. The zero-order valence-corrected chi connectivity index (χ0v) is 38.2. The summed E-state index contributed by atoms with van der Waals surface area (Å²) in [6.07, 6.45) is 44.7. The van der Waals surface area contributed by atoms with Gasteiger partial charge < -0.3 is 9.47 Å². The molecule has 342 valence electrons. The van der Waals surface area contributed by atoms with Crippen molar-refractivity contribution in [3.8, 4) is 11.5 Å². The van der Waals surface area contributed by atoms with Crippen molar-refractivity contribution in [3.63, 3.8) is 0 Å². The molecule has 6 rings (SSSR count). The first-order chi connectivity index (χ1) is 29.8. The van der Waals surface area contributed by atoms with Gasteiger partial charge in [-0.15, -0.1) is 0 Å². The van der Waals surface area contributed by atoms with E-state index in [0.717, 1.165) is 59.5 Å². The van der Waals surface area contributed by atoms with Crippen LogP contribution in [0, 0.1) is 35.5 Å². The number of unbranched alkanes of at least 4 members (excludes halogenated alkanes) is 11. The van der Waals surface area contributed by atoms with Gasteiger partial charge in [-0.2, -0.15) is 17.6 Å². The molecule has 2 unspecified atom stereocenters. The summed E-state index contributed by atoms with van der Waals surface area (Å²) in [6.45, 7) is -0.946. The molecule has 6 heteroatoms. The van der Waals surface area contributed by atoms with Crippen molar-refractivity contribution in [2.45, 2.75) is 213 Å². The van der Waals surface area contributed by atoms with E-state index in [9.17, 15) is 17.6 Å². The second kappa shape index (κ2) is 28.1. The van der Waals surface area contributed by atoms with Gasteiger partial charge in [-0.25, -0.2) is 0 Å². The first kappa shape index (κ1) is 49.3. The Labute approximate surface area is 369 Å². The molecule has 0 heterocycles. The molecule has 61 heavy (non-hydrogen) atoms. The summed E-state index contributed by atoms with van der Waals surface area (Å²) >= 11 is 0. The Kier molecular flexibility index (Phi) is 22.7. The standard InChI is InChI=1S/C28H42F2O.C27H40F2O/c1-2-3-4-5-6-7-8-9-22-10-12-23(13-11-22)24-14-16-25(17-15-24)26-18-20-27(21-19-26)31-28(29)30;1-2-3-4-5-6-7-8-21-9-11-22(12-10-21)23-13-15-24(16-14-23)25-17-19-26(20-18-25)30-27(28)29/h16,18-24,28H,2-15,17H2,1H3;15,17-23,27H,2-14,16H2,1H3. The van der Waals surface area contributed by atoms with E-state index >= 15 is 0 Å². The fourth-order valence-corrected chi connectivity index (χ4v) is 11.3. The van der Waals surface area contributed by atoms with Crippen molar-refractivity contribution >= 4 is 11.1 Å². The molecule has 2 nitrogen and oxygen atoms in total. The third kappa shape index (κ3) is 18.1. The zero-order valence-electron chi connectivity index (χ0n) is 38.2. The van der Waals surface area contributed by atoms with Crippen LogP contribution in [0.2, 0.25) is 0 Å². The van der Waals surface area contributed by atoms with Crippen LogP contribution in [0.4, 0.5) is 17.6 Å². The van der Waals surface area contributed by atoms with Gasteiger partial charge in [0.25, 0.3) is 0 Å². The van der Waals surface area contributed by atoms with Crippen molar-refractivity contribution < 1.29 is 27.0 Å². The number of ether oxygens (including phenoxy) is 2. The lowest BCUT2D eigenvalue weighted by atomic mass is 9.70. The van der Waals surface area contributed by atoms with E-state index < -0.39 is 13.2 Å². The molecule has 4 aliphatic rings. The minimum atomic E-state index is -2.76. The third-order valence-corrected chi connectivity index (χ3v) is 15.1. The van der Waals surface area contributed by atoms with Crippen LogP contribution in [0.25, 0.3) is 11.1 Å². The van der Waals surface area contributed by atoms with E-state index in [4.69, 9.17) is 0 Å². The van der Waals surface area contributed by atoms with E-state index in [1.165, 1.54) is 185 Å². The van der Waals surface area contributed by atoms with Crippen LogP contribution < -0.4 is 9.47 Å². The summed E-state index contributed by atoms with van der Waals surface area (Å²) in [7, 11) is 0. The molecule has 0 aliphatic heterocycles. The van der Waals surface area contributed by atoms with E-state index in [-0.39, 0.29) is 11.5 Å². The molecule has 4 aliphatic carbocycles. The van der Waals surface area contributed by atoms with Gasteiger partial charge in [0.2, 0.25) is 0 Å². The monoisotopic (exact) mass is 851 g/mol. The molecule has 0 radical (unpaired) electrons. The molecule has 0 bridgehead atoms. The van der Waals surface area contributed by atoms with Crippen molar-refractivity contribution in [2.75, 3.05) is 0 Å². The number of allylic oxidation sites excluding steroid dienone is 4. The van der Waals surface area contributed by atoms with Crippen LogP contribution in [-0.2, 0) is 0 Å². The number of alkyl halides is 4. The van der Waals surface area contributed by atoms with Gasteiger partial charge in [0.15, 0.2) is 0 Å². The van der Waals surface area contributed by atoms with E-state index in [0.29, 0.717) is 0 Å². The topological polar surface area (TPSA) is 18.5 Å². The fraction of sp³-hybridized carbons (Fsp3) is 0.709. The normalized spacial score (nSPS) is 24.5. The van der Waals surface area contributed by atoms with E-state index in [1.54, 1.807) is 24.3 Å². The molecule has 2 atom stereocenters. The Morgan fingerprint density at radius 2 is 0.770 bits per heavy atom. The van der Waals surface area contributed by atoms with Crippen molar-refractivity contribution in [2.24, 2.45) is 35.5 Å². The quantitative estimate of drug-likeness (QED) is 0.0819. The maximum Gasteiger partial charge on any atom is 0.387 e. The van der Waals surface area contributed by atoms with Crippen LogP contribution >= 0.6 is 0 Å².